The maximum Gasteiger partial charge on any atom is 0.0929 e. The Bertz CT molecular complexity index is 681. The molecule has 2 fully saturated rings. The average Bonchev–Trinajstić information content (AvgIpc) is 3.04. The van der Waals surface area contributed by atoms with Crippen molar-refractivity contribution in [3.63, 3.8) is 0 Å². The highest BCUT2D eigenvalue weighted by atomic mass is 79.9. The van der Waals surface area contributed by atoms with Crippen molar-refractivity contribution in [2.24, 2.45) is 5.92 Å². The average molecular weight is 389 g/mol. The number of fused-ring (bicyclic) bond motifs is 1. The molecule has 2 unspecified atom stereocenters. The van der Waals surface area contributed by atoms with Crippen LogP contribution in [0.4, 0.5) is 0 Å². The molecule has 3 heterocycles. The van der Waals surface area contributed by atoms with Gasteiger partial charge in [-0.25, -0.2) is 0 Å². The molecule has 0 aliphatic carbocycles. The van der Waals surface area contributed by atoms with Crippen molar-refractivity contribution >= 4 is 15.9 Å². The lowest BCUT2D eigenvalue weighted by atomic mass is 9.84. The number of halogens is 1. The lowest BCUT2D eigenvalue weighted by Gasteiger charge is -2.45. The lowest BCUT2D eigenvalue weighted by molar-refractivity contribution is 0.0242. The molecule has 128 valence electrons. The van der Waals surface area contributed by atoms with Gasteiger partial charge in [0.15, 0.2) is 0 Å². The first-order valence-electron chi connectivity index (χ1n) is 8.91. The molecule has 0 spiro atoms. The zero-order valence-electron chi connectivity index (χ0n) is 14.2. The first-order chi connectivity index (χ1) is 11.7. The van der Waals surface area contributed by atoms with E-state index < -0.39 is 0 Å². The Kier molecular flexibility index (Phi) is 4.74. The SMILES string of the molecule is CN1CCCC2CN(Cn3ccc(-c4ccc(Br)cc4)n3)CCC21. The fraction of sp³-hybridized carbons (Fsp3) is 0.526. The van der Waals surface area contributed by atoms with Crippen molar-refractivity contribution in [3.8, 4) is 11.3 Å². The van der Waals surface area contributed by atoms with Crippen molar-refractivity contribution in [1.82, 2.24) is 19.6 Å². The number of hydrogen-bond donors (Lipinski definition) is 0. The Balaban J connectivity index is 1.40. The highest BCUT2D eigenvalue weighted by molar-refractivity contribution is 9.10. The topological polar surface area (TPSA) is 24.3 Å². The van der Waals surface area contributed by atoms with E-state index in [0.717, 1.165) is 28.8 Å². The van der Waals surface area contributed by atoms with Crippen LogP contribution >= 0.6 is 15.9 Å². The highest BCUT2D eigenvalue weighted by Gasteiger charge is 2.34. The van der Waals surface area contributed by atoms with Gasteiger partial charge in [-0.3, -0.25) is 9.58 Å². The van der Waals surface area contributed by atoms with Gasteiger partial charge in [0.05, 0.1) is 12.4 Å². The van der Waals surface area contributed by atoms with Crippen LogP contribution in [0.5, 0.6) is 0 Å². The minimum absolute atomic E-state index is 0.797. The molecule has 4 rings (SSSR count). The molecule has 0 N–H and O–H groups in total. The van der Waals surface area contributed by atoms with Gasteiger partial charge in [-0.05, 0) is 57.0 Å². The van der Waals surface area contributed by atoms with E-state index >= 15 is 0 Å². The molecule has 2 aliphatic heterocycles. The molecular weight excluding hydrogens is 364 g/mol. The zero-order valence-corrected chi connectivity index (χ0v) is 15.8. The number of aromatic nitrogens is 2. The first-order valence-corrected chi connectivity index (χ1v) is 9.70. The van der Waals surface area contributed by atoms with Crippen LogP contribution < -0.4 is 0 Å². The summed E-state index contributed by atoms with van der Waals surface area (Å²) in [5.41, 5.74) is 2.22. The molecule has 0 saturated carbocycles. The molecule has 0 bridgehead atoms. The van der Waals surface area contributed by atoms with Crippen molar-refractivity contribution in [1.29, 1.82) is 0 Å². The first kappa shape index (κ1) is 16.3. The molecule has 2 saturated heterocycles. The minimum Gasteiger partial charge on any atom is -0.303 e. The van der Waals surface area contributed by atoms with Gasteiger partial charge in [0.1, 0.15) is 0 Å². The summed E-state index contributed by atoms with van der Waals surface area (Å²) in [6.45, 7) is 4.57. The summed E-state index contributed by atoms with van der Waals surface area (Å²) in [7, 11) is 2.30. The molecule has 1 aromatic heterocycles. The van der Waals surface area contributed by atoms with Crippen LogP contribution in [0.1, 0.15) is 19.3 Å². The molecule has 2 atom stereocenters. The fourth-order valence-corrected chi connectivity index (χ4v) is 4.54. The van der Waals surface area contributed by atoms with E-state index in [1.54, 1.807) is 0 Å². The largest absolute Gasteiger partial charge is 0.303 e. The maximum absolute atomic E-state index is 4.77. The number of piperidine rings is 2. The third-order valence-electron chi connectivity index (χ3n) is 5.56. The molecule has 24 heavy (non-hydrogen) atoms. The van der Waals surface area contributed by atoms with Crippen molar-refractivity contribution in [3.05, 3.63) is 41.0 Å². The molecule has 2 aliphatic rings. The van der Waals surface area contributed by atoms with Gasteiger partial charge < -0.3 is 4.90 Å². The van der Waals surface area contributed by atoms with E-state index in [1.165, 1.54) is 44.5 Å². The standard InChI is InChI=1S/C19H25BrN4/c1-22-10-2-3-16-13-23(11-9-19(16)22)14-24-12-8-18(21-24)15-4-6-17(20)7-5-15/h4-8,12,16,19H,2-3,9-11,13-14H2,1H3. The molecule has 4 nitrogen and oxygen atoms in total. The van der Waals surface area contributed by atoms with E-state index in [4.69, 9.17) is 5.10 Å². The second kappa shape index (κ2) is 6.98. The van der Waals surface area contributed by atoms with Gasteiger partial charge in [0.2, 0.25) is 0 Å². The third-order valence-corrected chi connectivity index (χ3v) is 6.08. The van der Waals surface area contributed by atoms with Crippen LogP contribution in [0, 0.1) is 5.92 Å². The van der Waals surface area contributed by atoms with Crippen molar-refractivity contribution in [2.45, 2.75) is 32.0 Å². The van der Waals surface area contributed by atoms with Crippen LogP contribution in [-0.2, 0) is 6.67 Å². The monoisotopic (exact) mass is 388 g/mol. The molecule has 0 radical (unpaired) electrons. The van der Waals surface area contributed by atoms with Gasteiger partial charge >= 0.3 is 0 Å². The summed E-state index contributed by atoms with van der Waals surface area (Å²) in [5, 5.41) is 4.77. The van der Waals surface area contributed by atoms with Gasteiger partial charge in [-0.1, -0.05) is 28.1 Å². The maximum atomic E-state index is 4.77. The number of nitrogens with zero attached hydrogens (tertiary/aromatic N) is 4. The fourth-order valence-electron chi connectivity index (χ4n) is 4.28. The van der Waals surface area contributed by atoms with Crippen LogP contribution in [0.3, 0.4) is 0 Å². The summed E-state index contributed by atoms with van der Waals surface area (Å²) < 4.78 is 3.19. The van der Waals surface area contributed by atoms with E-state index in [9.17, 15) is 0 Å². The second-order valence-electron chi connectivity index (χ2n) is 7.20. The predicted molar refractivity (Wildman–Crippen MR) is 101 cm³/mol. The van der Waals surface area contributed by atoms with Gasteiger partial charge in [0, 0.05) is 35.4 Å². The van der Waals surface area contributed by atoms with Crippen molar-refractivity contribution in [2.75, 3.05) is 26.7 Å². The summed E-state index contributed by atoms with van der Waals surface area (Å²) >= 11 is 3.49. The number of rotatable bonds is 3. The van der Waals surface area contributed by atoms with Gasteiger partial charge in [-0.15, -0.1) is 0 Å². The van der Waals surface area contributed by atoms with Gasteiger partial charge in [0.25, 0.3) is 0 Å². The number of benzene rings is 1. The summed E-state index contributed by atoms with van der Waals surface area (Å²) in [4.78, 5) is 5.14. The summed E-state index contributed by atoms with van der Waals surface area (Å²) in [5.74, 6) is 0.832. The zero-order chi connectivity index (χ0) is 16.5. The van der Waals surface area contributed by atoms with E-state index in [2.05, 4.69) is 74.0 Å². The summed E-state index contributed by atoms with van der Waals surface area (Å²) in [6.07, 6.45) is 6.13. The normalized spacial score (nSPS) is 25.6. The minimum atomic E-state index is 0.797. The smallest absolute Gasteiger partial charge is 0.0929 e. The van der Waals surface area contributed by atoms with Crippen LogP contribution in [-0.4, -0.2) is 52.3 Å². The molecule has 2 aromatic rings. The Labute approximate surface area is 152 Å². The van der Waals surface area contributed by atoms with E-state index in [1.807, 2.05) is 0 Å². The quantitative estimate of drug-likeness (QED) is 0.801. The highest BCUT2D eigenvalue weighted by Crippen LogP contribution is 2.29. The number of likely N-dealkylation sites (tertiary alicyclic amines) is 2. The molecular formula is C19H25BrN4. The van der Waals surface area contributed by atoms with Gasteiger partial charge in [-0.2, -0.15) is 5.10 Å². The Morgan fingerprint density at radius 2 is 1.96 bits per heavy atom. The van der Waals surface area contributed by atoms with Crippen LogP contribution in [0.25, 0.3) is 11.3 Å². The van der Waals surface area contributed by atoms with Crippen molar-refractivity contribution < 1.29 is 0 Å². The Hall–Kier alpha value is -1.17. The van der Waals surface area contributed by atoms with Crippen LogP contribution in [0.2, 0.25) is 0 Å². The third kappa shape index (κ3) is 3.44. The summed E-state index contributed by atoms with van der Waals surface area (Å²) in [6, 6.07) is 11.3. The van der Waals surface area contributed by atoms with Crippen LogP contribution in [0.15, 0.2) is 41.0 Å². The predicted octanol–water partition coefficient (Wildman–Crippen LogP) is 3.69. The second-order valence-corrected chi connectivity index (χ2v) is 8.12. The Morgan fingerprint density at radius 3 is 2.79 bits per heavy atom. The Morgan fingerprint density at radius 1 is 1.12 bits per heavy atom. The molecule has 1 aromatic carbocycles. The number of hydrogen-bond acceptors (Lipinski definition) is 3. The van der Waals surface area contributed by atoms with E-state index in [-0.39, 0.29) is 0 Å². The van der Waals surface area contributed by atoms with E-state index in [0.29, 0.717) is 0 Å². The molecule has 0 amide bonds. The molecule has 5 heteroatoms. The lowest BCUT2D eigenvalue weighted by Crippen LogP contribution is -2.52.